The molecule has 0 aliphatic carbocycles. The van der Waals surface area contributed by atoms with Crippen LogP contribution in [-0.2, 0) is 0 Å². The second-order valence-corrected chi connectivity index (χ2v) is 4.15. The van der Waals surface area contributed by atoms with E-state index in [1.165, 1.54) is 0 Å². The number of nitrogens with two attached hydrogens (primary N) is 1. The van der Waals surface area contributed by atoms with Gasteiger partial charge in [-0.3, -0.25) is 9.20 Å². The maximum Gasteiger partial charge on any atom is 0.220 e. The topological polar surface area (TPSA) is 86.2 Å². The van der Waals surface area contributed by atoms with Gasteiger partial charge in [-0.15, -0.1) is 0 Å². The molecule has 0 amide bonds. The fraction of sp³-hybridized carbons (Fsp3) is 0.0769. The molecule has 0 saturated heterocycles. The second-order valence-electron chi connectivity index (χ2n) is 4.15. The lowest BCUT2D eigenvalue weighted by Gasteiger charge is -2.03. The SMILES string of the molecule is Cc1nc2ccc(-c3ccnc(N)n3)cn2c1C=O. The molecular weight excluding hydrogens is 242 g/mol. The third-order valence-corrected chi connectivity index (χ3v) is 2.92. The first kappa shape index (κ1) is 11.3. The molecular formula is C13H11N5O. The molecule has 0 aromatic carbocycles. The number of nitrogen functional groups attached to an aromatic ring is 1. The molecule has 3 aromatic heterocycles. The van der Waals surface area contributed by atoms with Crippen LogP contribution in [0.3, 0.4) is 0 Å². The molecule has 0 bridgehead atoms. The van der Waals surface area contributed by atoms with Crippen LogP contribution in [0.25, 0.3) is 16.9 Å². The van der Waals surface area contributed by atoms with Crippen LogP contribution in [0, 0.1) is 6.92 Å². The fourth-order valence-corrected chi connectivity index (χ4v) is 2.01. The number of carbonyl (C=O) groups excluding carboxylic acids is 1. The average molecular weight is 253 g/mol. The van der Waals surface area contributed by atoms with Gasteiger partial charge in [0.1, 0.15) is 11.3 Å². The van der Waals surface area contributed by atoms with Gasteiger partial charge >= 0.3 is 0 Å². The molecule has 0 spiro atoms. The Labute approximate surface area is 108 Å². The first-order chi connectivity index (χ1) is 9.19. The quantitative estimate of drug-likeness (QED) is 0.699. The van der Waals surface area contributed by atoms with Crippen molar-refractivity contribution >= 4 is 17.9 Å². The summed E-state index contributed by atoms with van der Waals surface area (Å²) in [5.41, 5.74) is 9.10. The van der Waals surface area contributed by atoms with E-state index >= 15 is 0 Å². The number of aryl methyl sites for hydroxylation is 1. The zero-order chi connectivity index (χ0) is 13.4. The normalized spacial score (nSPS) is 10.8. The van der Waals surface area contributed by atoms with Gasteiger partial charge < -0.3 is 5.73 Å². The summed E-state index contributed by atoms with van der Waals surface area (Å²) in [6, 6.07) is 5.49. The number of hydrogen-bond donors (Lipinski definition) is 1. The van der Waals surface area contributed by atoms with Gasteiger partial charge in [0.2, 0.25) is 5.95 Å². The predicted octanol–water partition coefficient (Wildman–Crippen LogP) is 1.49. The lowest BCUT2D eigenvalue weighted by Crippen LogP contribution is -1.97. The molecule has 2 N–H and O–H groups in total. The van der Waals surface area contributed by atoms with Gasteiger partial charge in [-0.25, -0.2) is 15.0 Å². The van der Waals surface area contributed by atoms with E-state index in [1.54, 1.807) is 23.6 Å². The molecule has 6 heteroatoms. The summed E-state index contributed by atoms with van der Waals surface area (Å²) in [5.74, 6) is 0.218. The van der Waals surface area contributed by atoms with Gasteiger partial charge in [-0.05, 0) is 25.1 Å². The molecule has 3 heterocycles. The lowest BCUT2D eigenvalue weighted by atomic mass is 10.2. The maximum absolute atomic E-state index is 11.1. The summed E-state index contributed by atoms with van der Waals surface area (Å²) < 4.78 is 1.75. The molecule has 0 unspecified atom stereocenters. The fourth-order valence-electron chi connectivity index (χ4n) is 2.01. The number of nitrogens with zero attached hydrogens (tertiary/aromatic N) is 4. The Balaban J connectivity index is 2.23. The zero-order valence-electron chi connectivity index (χ0n) is 10.2. The number of aldehydes is 1. The second kappa shape index (κ2) is 4.16. The van der Waals surface area contributed by atoms with Gasteiger partial charge in [0, 0.05) is 18.0 Å². The minimum atomic E-state index is 0.218. The van der Waals surface area contributed by atoms with Crippen molar-refractivity contribution in [3.8, 4) is 11.3 Å². The van der Waals surface area contributed by atoms with Crippen molar-refractivity contribution in [1.29, 1.82) is 0 Å². The van der Waals surface area contributed by atoms with Crippen LogP contribution in [0.15, 0.2) is 30.6 Å². The molecule has 94 valence electrons. The predicted molar refractivity (Wildman–Crippen MR) is 70.8 cm³/mol. The van der Waals surface area contributed by atoms with Crippen molar-refractivity contribution in [2.24, 2.45) is 0 Å². The van der Waals surface area contributed by atoms with Crippen LogP contribution in [0.5, 0.6) is 0 Å². The number of fused-ring (bicyclic) bond motifs is 1. The molecule has 19 heavy (non-hydrogen) atoms. The number of imidazole rings is 1. The van der Waals surface area contributed by atoms with Crippen LogP contribution in [0.4, 0.5) is 5.95 Å². The number of anilines is 1. The summed E-state index contributed by atoms with van der Waals surface area (Å²) in [6.45, 7) is 1.80. The average Bonchev–Trinajstić information content (AvgIpc) is 2.73. The molecule has 3 aromatic rings. The molecule has 3 rings (SSSR count). The first-order valence-electron chi connectivity index (χ1n) is 5.72. The van der Waals surface area contributed by atoms with Crippen molar-refractivity contribution in [2.75, 3.05) is 5.73 Å². The van der Waals surface area contributed by atoms with E-state index in [9.17, 15) is 4.79 Å². The highest BCUT2D eigenvalue weighted by atomic mass is 16.1. The Morgan fingerprint density at radius 2 is 2.11 bits per heavy atom. The largest absolute Gasteiger partial charge is 0.368 e. The highest BCUT2D eigenvalue weighted by Crippen LogP contribution is 2.19. The van der Waals surface area contributed by atoms with Gasteiger partial charge in [-0.2, -0.15) is 0 Å². The van der Waals surface area contributed by atoms with Crippen LogP contribution < -0.4 is 5.73 Å². The number of hydrogen-bond acceptors (Lipinski definition) is 5. The van der Waals surface area contributed by atoms with E-state index in [1.807, 2.05) is 18.3 Å². The van der Waals surface area contributed by atoms with Crippen LogP contribution in [-0.4, -0.2) is 25.6 Å². The molecule has 0 radical (unpaired) electrons. The molecule has 0 atom stereocenters. The minimum absolute atomic E-state index is 0.218. The van der Waals surface area contributed by atoms with E-state index in [4.69, 9.17) is 5.73 Å². The summed E-state index contributed by atoms with van der Waals surface area (Å²) in [7, 11) is 0. The molecule has 0 aliphatic heterocycles. The van der Waals surface area contributed by atoms with E-state index in [2.05, 4.69) is 15.0 Å². The number of carbonyl (C=O) groups is 1. The third kappa shape index (κ3) is 1.83. The van der Waals surface area contributed by atoms with Crippen LogP contribution in [0.1, 0.15) is 16.2 Å². The Morgan fingerprint density at radius 3 is 2.84 bits per heavy atom. The third-order valence-electron chi connectivity index (χ3n) is 2.92. The Bertz CT molecular complexity index is 778. The van der Waals surface area contributed by atoms with Crippen LogP contribution >= 0.6 is 0 Å². The Hall–Kier alpha value is -2.76. The highest BCUT2D eigenvalue weighted by Gasteiger charge is 2.09. The summed E-state index contributed by atoms with van der Waals surface area (Å²) in [6.07, 6.45) is 4.22. The van der Waals surface area contributed by atoms with Crippen molar-refractivity contribution < 1.29 is 4.79 Å². The lowest BCUT2D eigenvalue weighted by molar-refractivity contribution is 0.111. The van der Waals surface area contributed by atoms with E-state index in [-0.39, 0.29) is 5.95 Å². The monoisotopic (exact) mass is 253 g/mol. The standard InChI is InChI=1S/C13H11N5O/c1-8-11(7-19)18-6-9(2-3-12(18)16-8)10-4-5-15-13(14)17-10/h2-7H,1H3,(H2,14,15,17). The van der Waals surface area contributed by atoms with Crippen LogP contribution in [0.2, 0.25) is 0 Å². The smallest absolute Gasteiger partial charge is 0.220 e. The van der Waals surface area contributed by atoms with Crippen molar-refractivity contribution in [3.63, 3.8) is 0 Å². The number of pyridine rings is 1. The van der Waals surface area contributed by atoms with Gasteiger partial charge in [0.05, 0.1) is 11.4 Å². The van der Waals surface area contributed by atoms with Gasteiger partial charge in [0.25, 0.3) is 0 Å². The van der Waals surface area contributed by atoms with Crippen molar-refractivity contribution in [3.05, 3.63) is 42.0 Å². The number of aromatic nitrogens is 4. The van der Waals surface area contributed by atoms with Crippen molar-refractivity contribution in [2.45, 2.75) is 6.92 Å². The van der Waals surface area contributed by atoms with Gasteiger partial charge in [-0.1, -0.05) is 0 Å². The Morgan fingerprint density at radius 1 is 1.26 bits per heavy atom. The van der Waals surface area contributed by atoms with E-state index in [0.717, 1.165) is 17.5 Å². The van der Waals surface area contributed by atoms with Crippen molar-refractivity contribution in [1.82, 2.24) is 19.4 Å². The molecule has 0 fully saturated rings. The highest BCUT2D eigenvalue weighted by molar-refractivity contribution is 5.77. The summed E-state index contributed by atoms with van der Waals surface area (Å²) >= 11 is 0. The Kier molecular flexibility index (Phi) is 2.49. The summed E-state index contributed by atoms with van der Waals surface area (Å²) in [4.78, 5) is 23.4. The number of rotatable bonds is 2. The zero-order valence-corrected chi connectivity index (χ0v) is 10.2. The maximum atomic E-state index is 11.1. The van der Waals surface area contributed by atoms with E-state index in [0.29, 0.717) is 17.1 Å². The summed E-state index contributed by atoms with van der Waals surface area (Å²) in [5, 5.41) is 0. The van der Waals surface area contributed by atoms with Gasteiger partial charge in [0.15, 0.2) is 6.29 Å². The first-order valence-corrected chi connectivity index (χ1v) is 5.72. The van der Waals surface area contributed by atoms with E-state index < -0.39 is 0 Å². The minimum Gasteiger partial charge on any atom is -0.368 e. The molecule has 0 aliphatic rings. The molecule has 6 nitrogen and oxygen atoms in total. The molecule has 0 saturated carbocycles.